The fourth-order valence-corrected chi connectivity index (χ4v) is 7.09. The standard InChI is InChI=1S/C32H42FN3O2/c1-32(24-8-3-2-4-9-24)17-19-36(20-18-32)31(38)28(21-22-11-14-25(33)15-12-22)35-30(37)27-16-13-23-7-5-6-10-26(23)29(27)34/h5-7,10-12,14-15,24,27-29H,2-4,8-9,13,16-21,34H2,1H3,(H,35,37)/t27-,28-,29+/m1/s1. The van der Waals surface area contributed by atoms with Crippen molar-refractivity contribution in [3.63, 3.8) is 0 Å². The van der Waals surface area contributed by atoms with Gasteiger partial charge in [-0.1, -0.05) is 62.6 Å². The summed E-state index contributed by atoms with van der Waals surface area (Å²) in [7, 11) is 0. The Kier molecular flexibility index (Phi) is 8.18. The van der Waals surface area contributed by atoms with Crippen LogP contribution < -0.4 is 11.1 Å². The molecule has 6 heteroatoms. The lowest BCUT2D eigenvalue weighted by atomic mass is 9.65. The maximum Gasteiger partial charge on any atom is 0.245 e. The van der Waals surface area contributed by atoms with Gasteiger partial charge in [-0.15, -0.1) is 0 Å². The smallest absolute Gasteiger partial charge is 0.245 e. The van der Waals surface area contributed by atoms with Crippen molar-refractivity contribution >= 4 is 11.8 Å². The first kappa shape index (κ1) is 26.9. The summed E-state index contributed by atoms with van der Waals surface area (Å²) >= 11 is 0. The number of piperidine rings is 1. The summed E-state index contributed by atoms with van der Waals surface area (Å²) in [5.41, 5.74) is 9.88. The Morgan fingerprint density at radius 3 is 2.42 bits per heavy atom. The van der Waals surface area contributed by atoms with Gasteiger partial charge in [0.2, 0.25) is 11.8 Å². The number of carbonyl (C=O) groups excluding carboxylic acids is 2. The second-order valence-electron chi connectivity index (χ2n) is 12.1. The van der Waals surface area contributed by atoms with Gasteiger partial charge in [0.25, 0.3) is 0 Å². The van der Waals surface area contributed by atoms with Crippen LogP contribution in [0.1, 0.15) is 81.0 Å². The summed E-state index contributed by atoms with van der Waals surface area (Å²) < 4.78 is 13.6. The van der Waals surface area contributed by atoms with Gasteiger partial charge in [0.05, 0.1) is 5.92 Å². The van der Waals surface area contributed by atoms with E-state index in [-0.39, 0.29) is 29.0 Å². The van der Waals surface area contributed by atoms with Crippen LogP contribution in [0.2, 0.25) is 0 Å². The molecule has 5 rings (SSSR count). The molecule has 2 fully saturated rings. The van der Waals surface area contributed by atoms with Crippen molar-refractivity contribution in [2.24, 2.45) is 23.0 Å². The van der Waals surface area contributed by atoms with Gasteiger partial charge in [0.15, 0.2) is 0 Å². The number of likely N-dealkylation sites (tertiary alicyclic amines) is 1. The molecule has 38 heavy (non-hydrogen) atoms. The SMILES string of the molecule is CC1(C2CCCCC2)CCN(C(=O)[C@@H](Cc2ccc(F)cc2)NC(=O)[C@@H]2CCc3ccccc3[C@@H]2N)CC1. The first-order valence-corrected chi connectivity index (χ1v) is 14.5. The molecule has 3 atom stereocenters. The lowest BCUT2D eigenvalue weighted by Crippen LogP contribution is -2.55. The highest BCUT2D eigenvalue weighted by Crippen LogP contribution is 2.45. The third kappa shape index (κ3) is 5.80. The number of hydrogen-bond acceptors (Lipinski definition) is 3. The first-order valence-electron chi connectivity index (χ1n) is 14.5. The Morgan fingerprint density at radius 1 is 1.03 bits per heavy atom. The molecule has 2 aromatic carbocycles. The molecule has 5 nitrogen and oxygen atoms in total. The van der Waals surface area contributed by atoms with E-state index in [1.54, 1.807) is 12.1 Å². The maximum atomic E-state index is 13.9. The summed E-state index contributed by atoms with van der Waals surface area (Å²) in [5.74, 6) is -0.163. The highest BCUT2D eigenvalue weighted by Gasteiger charge is 2.40. The van der Waals surface area contributed by atoms with Crippen LogP contribution in [0.5, 0.6) is 0 Å². The van der Waals surface area contributed by atoms with Gasteiger partial charge in [0, 0.05) is 25.6 Å². The van der Waals surface area contributed by atoms with E-state index in [9.17, 15) is 14.0 Å². The lowest BCUT2D eigenvalue weighted by molar-refractivity contribution is -0.140. The average molecular weight is 520 g/mol. The molecule has 0 spiro atoms. The molecule has 2 aliphatic carbocycles. The minimum absolute atomic E-state index is 0.0434. The van der Waals surface area contributed by atoms with Gasteiger partial charge < -0.3 is 16.0 Å². The summed E-state index contributed by atoms with van der Waals surface area (Å²) in [6.45, 7) is 3.85. The van der Waals surface area contributed by atoms with Crippen molar-refractivity contribution in [2.75, 3.05) is 13.1 Å². The third-order valence-electron chi connectivity index (χ3n) is 9.68. The second kappa shape index (κ2) is 11.6. The van der Waals surface area contributed by atoms with Gasteiger partial charge in [-0.25, -0.2) is 4.39 Å². The van der Waals surface area contributed by atoms with Crippen LogP contribution in [0, 0.1) is 23.1 Å². The van der Waals surface area contributed by atoms with Crippen molar-refractivity contribution in [3.05, 3.63) is 71.0 Å². The Bertz CT molecular complexity index is 1120. The van der Waals surface area contributed by atoms with Crippen LogP contribution in [0.15, 0.2) is 48.5 Å². The van der Waals surface area contributed by atoms with Gasteiger partial charge >= 0.3 is 0 Å². The third-order valence-corrected chi connectivity index (χ3v) is 9.68. The molecule has 0 radical (unpaired) electrons. The zero-order valence-electron chi connectivity index (χ0n) is 22.6. The predicted octanol–water partition coefficient (Wildman–Crippen LogP) is 5.32. The number of hydrogen-bond donors (Lipinski definition) is 2. The topological polar surface area (TPSA) is 75.4 Å². The van der Waals surface area contributed by atoms with Crippen LogP contribution >= 0.6 is 0 Å². The van der Waals surface area contributed by atoms with Gasteiger partial charge in [0.1, 0.15) is 11.9 Å². The summed E-state index contributed by atoms with van der Waals surface area (Å²) in [6, 6.07) is 13.1. The van der Waals surface area contributed by atoms with Crippen LogP contribution in [-0.2, 0) is 22.4 Å². The van der Waals surface area contributed by atoms with Gasteiger partial charge in [-0.2, -0.15) is 0 Å². The number of nitrogens with two attached hydrogens (primary N) is 1. The Labute approximate surface area is 226 Å². The average Bonchev–Trinajstić information content (AvgIpc) is 2.94. The molecular formula is C32H42FN3O2. The summed E-state index contributed by atoms with van der Waals surface area (Å²) in [4.78, 5) is 29.3. The van der Waals surface area contributed by atoms with E-state index in [2.05, 4.69) is 18.3 Å². The van der Waals surface area contributed by atoms with Crippen molar-refractivity contribution in [3.8, 4) is 0 Å². The number of benzene rings is 2. The van der Waals surface area contributed by atoms with Crippen molar-refractivity contribution in [2.45, 2.75) is 83.2 Å². The van der Waals surface area contributed by atoms with E-state index in [1.165, 1.54) is 49.8 Å². The Balaban J connectivity index is 1.29. The molecule has 1 saturated heterocycles. The van der Waals surface area contributed by atoms with Crippen molar-refractivity contribution in [1.82, 2.24) is 10.2 Å². The van der Waals surface area contributed by atoms with Crippen LogP contribution in [0.3, 0.4) is 0 Å². The largest absolute Gasteiger partial charge is 0.344 e. The monoisotopic (exact) mass is 519 g/mol. The number of amides is 2. The van der Waals surface area contributed by atoms with Crippen molar-refractivity contribution in [1.29, 1.82) is 0 Å². The lowest BCUT2D eigenvalue weighted by Gasteiger charge is -2.46. The highest BCUT2D eigenvalue weighted by molar-refractivity contribution is 5.89. The van der Waals surface area contributed by atoms with Crippen LogP contribution in [-0.4, -0.2) is 35.8 Å². The molecule has 204 valence electrons. The molecule has 0 unspecified atom stereocenters. The molecular weight excluding hydrogens is 477 g/mol. The minimum Gasteiger partial charge on any atom is -0.344 e. The molecule has 2 amide bonds. The highest BCUT2D eigenvalue weighted by atomic mass is 19.1. The zero-order chi connectivity index (χ0) is 26.7. The number of nitrogens with one attached hydrogen (secondary N) is 1. The fourth-order valence-electron chi connectivity index (χ4n) is 7.09. The Hall–Kier alpha value is -2.73. The predicted molar refractivity (Wildman–Crippen MR) is 148 cm³/mol. The van der Waals surface area contributed by atoms with E-state index in [0.29, 0.717) is 12.8 Å². The molecule has 1 aliphatic heterocycles. The number of fused-ring (bicyclic) bond motifs is 1. The quantitative estimate of drug-likeness (QED) is 0.542. The van der Waals surface area contributed by atoms with E-state index >= 15 is 0 Å². The van der Waals surface area contributed by atoms with Crippen LogP contribution in [0.4, 0.5) is 4.39 Å². The van der Waals surface area contributed by atoms with E-state index in [1.807, 2.05) is 23.1 Å². The normalized spacial score (nSPS) is 24.3. The molecule has 1 saturated carbocycles. The fraction of sp³-hybridized carbons (Fsp3) is 0.562. The number of aryl methyl sites for hydroxylation is 1. The Morgan fingerprint density at radius 2 is 1.71 bits per heavy atom. The zero-order valence-corrected chi connectivity index (χ0v) is 22.6. The molecule has 0 bridgehead atoms. The second-order valence-corrected chi connectivity index (χ2v) is 12.1. The first-order chi connectivity index (χ1) is 18.3. The molecule has 3 aliphatic rings. The van der Waals surface area contributed by atoms with E-state index in [0.717, 1.165) is 49.4 Å². The van der Waals surface area contributed by atoms with Crippen LogP contribution in [0.25, 0.3) is 0 Å². The minimum atomic E-state index is -0.698. The molecule has 1 heterocycles. The molecule has 0 aromatic heterocycles. The summed E-state index contributed by atoms with van der Waals surface area (Å²) in [5, 5.41) is 3.09. The molecule has 3 N–H and O–H groups in total. The van der Waals surface area contributed by atoms with Gasteiger partial charge in [-0.05, 0) is 78.7 Å². The number of nitrogens with zero attached hydrogens (tertiary/aromatic N) is 1. The number of halogens is 1. The van der Waals surface area contributed by atoms with Crippen molar-refractivity contribution < 1.29 is 14.0 Å². The maximum absolute atomic E-state index is 13.9. The van der Waals surface area contributed by atoms with E-state index in [4.69, 9.17) is 5.73 Å². The van der Waals surface area contributed by atoms with Gasteiger partial charge in [-0.3, -0.25) is 9.59 Å². The molecule has 2 aromatic rings. The number of carbonyl (C=O) groups is 2. The van der Waals surface area contributed by atoms with E-state index < -0.39 is 12.1 Å². The number of rotatable bonds is 6. The summed E-state index contributed by atoms with van der Waals surface area (Å²) in [6.07, 6.45) is 10.4.